The predicted molar refractivity (Wildman–Crippen MR) is 112 cm³/mol. The second-order valence-electron chi connectivity index (χ2n) is 6.52. The summed E-state index contributed by atoms with van der Waals surface area (Å²) in [6.07, 6.45) is 0.487. The number of anilines is 2. The standard InChI is InChI=1S/C21H20N2O3S2/c1-3-14-28(24,25)26-23-18-11-4-5-12-19(18)27-20-13-7-9-16(21(20)23)17-10-6-8-15(2)22-17/h4-13H,3,14H2,1-2H3. The Morgan fingerprint density at radius 3 is 2.54 bits per heavy atom. The van der Waals surface area contributed by atoms with Crippen LogP contribution in [0.25, 0.3) is 11.3 Å². The van der Waals surface area contributed by atoms with Crippen LogP contribution in [0.1, 0.15) is 19.0 Å². The fraction of sp³-hybridized carbons (Fsp3) is 0.190. The van der Waals surface area contributed by atoms with Crippen molar-refractivity contribution < 1.29 is 12.7 Å². The average Bonchev–Trinajstić information content (AvgIpc) is 2.67. The molecule has 0 spiro atoms. The molecule has 144 valence electrons. The molecular formula is C21H20N2O3S2. The summed E-state index contributed by atoms with van der Waals surface area (Å²) < 4.78 is 30.7. The average molecular weight is 413 g/mol. The molecule has 0 saturated heterocycles. The molecule has 0 amide bonds. The molecule has 2 heterocycles. The van der Waals surface area contributed by atoms with Gasteiger partial charge in [0.25, 0.3) is 10.1 Å². The van der Waals surface area contributed by atoms with Crippen molar-refractivity contribution in [3.05, 3.63) is 66.4 Å². The number of nitrogens with zero attached hydrogens (tertiary/aromatic N) is 2. The number of hydrogen-bond donors (Lipinski definition) is 0. The summed E-state index contributed by atoms with van der Waals surface area (Å²) in [6, 6.07) is 19.3. The van der Waals surface area contributed by atoms with E-state index in [0.29, 0.717) is 17.8 Å². The topological polar surface area (TPSA) is 59.5 Å². The second-order valence-corrected chi connectivity index (χ2v) is 9.27. The maximum absolute atomic E-state index is 12.5. The van der Waals surface area contributed by atoms with E-state index >= 15 is 0 Å². The van der Waals surface area contributed by atoms with Crippen molar-refractivity contribution in [3.8, 4) is 11.3 Å². The van der Waals surface area contributed by atoms with Gasteiger partial charge in [0.05, 0.1) is 22.8 Å². The highest BCUT2D eigenvalue weighted by Crippen LogP contribution is 2.51. The SMILES string of the molecule is CCCS(=O)(=O)ON1c2ccccc2Sc2cccc(-c3cccc(C)n3)c21. The van der Waals surface area contributed by atoms with Crippen molar-refractivity contribution in [2.75, 3.05) is 10.8 Å². The Kier molecular flexibility index (Phi) is 5.14. The van der Waals surface area contributed by atoms with Crippen LogP contribution in [0, 0.1) is 6.92 Å². The van der Waals surface area contributed by atoms with Gasteiger partial charge < -0.3 is 0 Å². The summed E-state index contributed by atoms with van der Waals surface area (Å²) in [5.41, 5.74) is 3.90. The molecule has 0 fully saturated rings. The van der Waals surface area contributed by atoms with Crippen LogP contribution in [-0.2, 0) is 14.4 Å². The van der Waals surface area contributed by atoms with Crippen molar-refractivity contribution in [3.63, 3.8) is 0 Å². The highest BCUT2D eigenvalue weighted by Gasteiger charge is 2.31. The molecule has 1 aliphatic heterocycles. The highest BCUT2D eigenvalue weighted by atomic mass is 32.2. The van der Waals surface area contributed by atoms with Crippen LogP contribution in [-0.4, -0.2) is 19.2 Å². The van der Waals surface area contributed by atoms with Crippen LogP contribution < -0.4 is 5.06 Å². The van der Waals surface area contributed by atoms with E-state index in [1.165, 1.54) is 5.06 Å². The van der Waals surface area contributed by atoms with Gasteiger partial charge in [-0.25, -0.2) is 5.06 Å². The van der Waals surface area contributed by atoms with Crippen molar-refractivity contribution in [2.45, 2.75) is 30.1 Å². The third-order valence-corrected chi connectivity index (χ3v) is 6.71. The molecule has 0 atom stereocenters. The van der Waals surface area contributed by atoms with E-state index in [9.17, 15) is 8.42 Å². The minimum atomic E-state index is -3.73. The van der Waals surface area contributed by atoms with Gasteiger partial charge >= 0.3 is 0 Å². The van der Waals surface area contributed by atoms with E-state index < -0.39 is 10.1 Å². The largest absolute Gasteiger partial charge is 0.288 e. The van der Waals surface area contributed by atoms with Crippen LogP contribution in [0.3, 0.4) is 0 Å². The van der Waals surface area contributed by atoms with Gasteiger partial charge in [-0.05, 0) is 43.7 Å². The summed E-state index contributed by atoms with van der Waals surface area (Å²) in [6.45, 7) is 3.75. The van der Waals surface area contributed by atoms with E-state index in [2.05, 4.69) is 4.98 Å². The number of aromatic nitrogens is 1. The third kappa shape index (κ3) is 3.65. The Bertz CT molecular complexity index is 1130. The molecule has 0 bridgehead atoms. The lowest BCUT2D eigenvalue weighted by Gasteiger charge is -2.32. The first kappa shape index (κ1) is 19.0. The Morgan fingerprint density at radius 1 is 1.00 bits per heavy atom. The zero-order valence-corrected chi connectivity index (χ0v) is 17.3. The van der Waals surface area contributed by atoms with E-state index in [0.717, 1.165) is 26.7 Å². The van der Waals surface area contributed by atoms with Gasteiger partial charge in [0.15, 0.2) is 0 Å². The Morgan fingerprint density at radius 2 is 1.75 bits per heavy atom. The molecule has 2 aromatic carbocycles. The molecule has 0 saturated carbocycles. The maximum Gasteiger partial charge on any atom is 0.288 e. The number of hydrogen-bond acceptors (Lipinski definition) is 6. The summed E-state index contributed by atoms with van der Waals surface area (Å²) in [7, 11) is -3.73. The predicted octanol–water partition coefficient (Wildman–Crippen LogP) is 5.33. The normalized spacial score (nSPS) is 13.1. The summed E-state index contributed by atoms with van der Waals surface area (Å²) in [4.78, 5) is 6.50. The molecule has 0 unspecified atom stereocenters. The quantitative estimate of drug-likeness (QED) is 0.564. The van der Waals surface area contributed by atoms with Gasteiger partial charge in [-0.2, -0.15) is 8.42 Å². The Labute approximate surface area is 169 Å². The van der Waals surface area contributed by atoms with Gasteiger partial charge in [-0.1, -0.05) is 49.0 Å². The Balaban J connectivity index is 1.92. The van der Waals surface area contributed by atoms with Gasteiger partial charge in [0, 0.05) is 21.0 Å². The molecule has 7 heteroatoms. The smallest absolute Gasteiger partial charge is 0.253 e. The number of para-hydroxylation sites is 2. The lowest BCUT2D eigenvalue weighted by atomic mass is 10.1. The fourth-order valence-electron chi connectivity index (χ4n) is 3.14. The summed E-state index contributed by atoms with van der Waals surface area (Å²) >= 11 is 1.59. The van der Waals surface area contributed by atoms with Crippen molar-refractivity contribution in [1.82, 2.24) is 4.98 Å². The molecule has 28 heavy (non-hydrogen) atoms. The lowest BCUT2D eigenvalue weighted by molar-refractivity contribution is 0.319. The first-order chi connectivity index (χ1) is 13.5. The lowest BCUT2D eigenvalue weighted by Crippen LogP contribution is -2.27. The van der Waals surface area contributed by atoms with Crippen LogP contribution in [0.15, 0.2) is 70.5 Å². The molecular weight excluding hydrogens is 392 g/mol. The van der Waals surface area contributed by atoms with Gasteiger partial charge in [0.1, 0.15) is 0 Å². The van der Waals surface area contributed by atoms with E-state index in [1.54, 1.807) is 11.8 Å². The summed E-state index contributed by atoms with van der Waals surface area (Å²) in [5.74, 6) is -0.0427. The van der Waals surface area contributed by atoms with Crippen LogP contribution in [0.2, 0.25) is 0 Å². The molecule has 0 N–H and O–H groups in total. The maximum atomic E-state index is 12.5. The van der Waals surface area contributed by atoms with Crippen LogP contribution in [0.4, 0.5) is 11.4 Å². The van der Waals surface area contributed by atoms with Crippen molar-refractivity contribution in [2.24, 2.45) is 0 Å². The molecule has 0 radical (unpaired) electrons. The summed E-state index contributed by atoms with van der Waals surface area (Å²) in [5, 5.41) is 1.45. The zero-order valence-electron chi connectivity index (χ0n) is 15.6. The van der Waals surface area contributed by atoms with Crippen molar-refractivity contribution in [1.29, 1.82) is 0 Å². The van der Waals surface area contributed by atoms with Crippen LogP contribution >= 0.6 is 11.8 Å². The number of benzene rings is 2. The minimum absolute atomic E-state index is 0.0427. The second kappa shape index (κ2) is 7.58. The number of aryl methyl sites for hydroxylation is 1. The zero-order chi connectivity index (χ0) is 19.7. The number of fused-ring (bicyclic) bond motifs is 2. The van der Waals surface area contributed by atoms with E-state index in [4.69, 9.17) is 4.28 Å². The van der Waals surface area contributed by atoms with Crippen molar-refractivity contribution >= 4 is 33.3 Å². The molecule has 0 aliphatic carbocycles. The first-order valence-corrected chi connectivity index (χ1v) is 11.4. The van der Waals surface area contributed by atoms with Crippen LogP contribution in [0.5, 0.6) is 0 Å². The molecule has 1 aliphatic rings. The van der Waals surface area contributed by atoms with Gasteiger partial charge in [0.2, 0.25) is 0 Å². The van der Waals surface area contributed by atoms with Gasteiger partial charge in [-0.15, -0.1) is 4.28 Å². The number of pyridine rings is 1. The van der Waals surface area contributed by atoms with Gasteiger partial charge in [-0.3, -0.25) is 4.98 Å². The monoisotopic (exact) mass is 412 g/mol. The first-order valence-electron chi connectivity index (χ1n) is 9.05. The van der Waals surface area contributed by atoms with E-state index in [-0.39, 0.29) is 5.75 Å². The highest BCUT2D eigenvalue weighted by molar-refractivity contribution is 7.99. The molecule has 1 aromatic heterocycles. The Hall–Kier alpha value is -2.35. The minimum Gasteiger partial charge on any atom is -0.253 e. The molecule has 3 aromatic rings. The number of rotatable bonds is 5. The third-order valence-electron chi connectivity index (χ3n) is 4.31. The molecule has 5 nitrogen and oxygen atoms in total. The van der Waals surface area contributed by atoms with E-state index in [1.807, 2.05) is 74.5 Å². The fourth-order valence-corrected chi connectivity index (χ4v) is 5.17. The molecule has 4 rings (SSSR count).